The van der Waals surface area contributed by atoms with Gasteiger partial charge in [-0.1, -0.05) is 5.92 Å². The Bertz CT molecular complexity index is 1280. The van der Waals surface area contributed by atoms with Crippen LogP contribution >= 0.6 is 0 Å². The predicted octanol–water partition coefficient (Wildman–Crippen LogP) is 1.13. The molecule has 2 heterocycles. The molecule has 9 heteroatoms. The zero-order valence-corrected chi connectivity index (χ0v) is 16.3. The number of methoxy groups -OCH3 is 2. The van der Waals surface area contributed by atoms with Crippen molar-refractivity contribution in [2.75, 3.05) is 14.2 Å². The van der Waals surface area contributed by atoms with Crippen LogP contribution in [0.1, 0.15) is 6.42 Å². The molecule has 0 unspecified atom stereocenters. The molecule has 9 nitrogen and oxygen atoms in total. The molecule has 0 fully saturated rings. The Balaban J connectivity index is 2.35. The highest BCUT2D eigenvalue weighted by atomic mass is 16.5. The minimum atomic E-state index is -0.590. The highest BCUT2D eigenvalue weighted by Gasteiger charge is 2.21. The van der Waals surface area contributed by atoms with E-state index < -0.39 is 11.2 Å². The molecule has 0 saturated heterocycles. The van der Waals surface area contributed by atoms with Crippen molar-refractivity contribution in [2.24, 2.45) is 7.05 Å². The maximum atomic E-state index is 12.9. The van der Waals surface area contributed by atoms with Crippen molar-refractivity contribution >= 4 is 11.2 Å². The molecule has 0 aliphatic carbocycles. The first-order valence-corrected chi connectivity index (χ1v) is 8.71. The summed E-state index contributed by atoms with van der Waals surface area (Å²) in [5, 5.41) is 8.95. The van der Waals surface area contributed by atoms with Gasteiger partial charge in [-0.15, -0.1) is 6.42 Å². The molecule has 0 aliphatic rings. The van der Waals surface area contributed by atoms with E-state index in [0.29, 0.717) is 22.9 Å². The molecule has 0 aliphatic heterocycles. The third-order valence-electron chi connectivity index (χ3n) is 4.58. The number of hydrogen-bond acceptors (Lipinski definition) is 6. The van der Waals surface area contributed by atoms with Gasteiger partial charge in [0.1, 0.15) is 5.82 Å². The summed E-state index contributed by atoms with van der Waals surface area (Å²) >= 11 is 0. The Hall–Kier alpha value is -3.98. The summed E-state index contributed by atoms with van der Waals surface area (Å²) < 4.78 is 14.5. The first kappa shape index (κ1) is 19.8. The van der Waals surface area contributed by atoms with Crippen LogP contribution in [-0.2, 0) is 20.1 Å². The Morgan fingerprint density at radius 1 is 1.17 bits per heavy atom. The number of aryl methyl sites for hydroxylation is 2. The molecule has 2 aromatic heterocycles. The number of benzene rings is 1. The Morgan fingerprint density at radius 3 is 2.52 bits per heavy atom. The molecule has 0 radical (unpaired) electrons. The van der Waals surface area contributed by atoms with Crippen LogP contribution in [0.15, 0.2) is 27.8 Å². The number of nitrogens with zero attached hydrogens (tertiary/aromatic N) is 5. The molecular weight excluding hydrogens is 374 g/mol. The normalized spacial score (nSPS) is 10.5. The molecular formula is C20H19N5O4. The second-order valence-corrected chi connectivity index (χ2v) is 6.17. The molecule has 148 valence electrons. The van der Waals surface area contributed by atoms with E-state index in [-0.39, 0.29) is 30.7 Å². The molecule has 0 atom stereocenters. The fraction of sp³-hybridized carbons (Fsp3) is 0.300. The van der Waals surface area contributed by atoms with Crippen LogP contribution in [0.2, 0.25) is 0 Å². The smallest absolute Gasteiger partial charge is 0.333 e. The summed E-state index contributed by atoms with van der Waals surface area (Å²) in [5.74, 6) is 3.84. The SMILES string of the molecule is C#CCn1c(=O)c2c(nc(-c3ccc(OC)c(OC)c3)n2C)n(CCC#N)c1=O. The summed E-state index contributed by atoms with van der Waals surface area (Å²) in [4.78, 5) is 30.3. The Morgan fingerprint density at radius 2 is 1.90 bits per heavy atom. The Labute approximate surface area is 166 Å². The first-order valence-electron chi connectivity index (χ1n) is 8.71. The standard InChI is InChI=1S/C20H19N5O4/c1-5-10-25-19(26)16-18(24(20(25)27)11-6-9-21)22-17(23(16)2)13-7-8-14(28-3)15(12-13)29-4/h1,7-8,12H,6,10-11H2,2-4H3. The fourth-order valence-electron chi connectivity index (χ4n) is 3.19. The van der Waals surface area contributed by atoms with Crippen molar-refractivity contribution in [1.29, 1.82) is 5.26 Å². The average Bonchev–Trinajstić information content (AvgIpc) is 3.07. The topological polar surface area (TPSA) is 104 Å². The summed E-state index contributed by atoms with van der Waals surface area (Å²) in [6.07, 6.45) is 5.42. The van der Waals surface area contributed by atoms with Crippen molar-refractivity contribution in [3.05, 3.63) is 39.0 Å². The fourth-order valence-corrected chi connectivity index (χ4v) is 3.19. The van der Waals surface area contributed by atoms with Crippen molar-refractivity contribution in [1.82, 2.24) is 18.7 Å². The van der Waals surface area contributed by atoms with Crippen LogP contribution in [-0.4, -0.2) is 32.9 Å². The van der Waals surface area contributed by atoms with Crippen molar-refractivity contribution in [3.8, 4) is 41.3 Å². The van der Waals surface area contributed by atoms with Gasteiger partial charge < -0.3 is 14.0 Å². The van der Waals surface area contributed by atoms with E-state index >= 15 is 0 Å². The van der Waals surface area contributed by atoms with Crippen molar-refractivity contribution in [2.45, 2.75) is 19.5 Å². The number of aromatic nitrogens is 4. The monoisotopic (exact) mass is 393 g/mol. The molecule has 29 heavy (non-hydrogen) atoms. The van der Waals surface area contributed by atoms with Gasteiger partial charge in [0.15, 0.2) is 22.7 Å². The van der Waals surface area contributed by atoms with Crippen molar-refractivity contribution < 1.29 is 9.47 Å². The number of hydrogen-bond donors (Lipinski definition) is 0. The van der Waals surface area contributed by atoms with E-state index in [9.17, 15) is 9.59 Å². The second-order valence-electron chi connectivity index (χ2n) is 6.17. The van der Waals surface area contributed by atoms with Gasteiger partial charge in [0.05, 0.1) is 33.3 Å². The zero-order chi connectivity index (χ0) is 21.1. The van der Waals surface area contributed by atoms with E-state index in [1.165, 1.54) is 18.8 Å². The van der Waals surface area contributed by atoms with Crippen molar-refractivity contribution in [3.63, 3.8) is 0 Å². The van der Waals surface area contributed by atoms with Gasteiger partial charge in [-0.2, -0.15) is 5.26 Å². The van der Waals surface area contributed by atoms with Gasteiger partial charge in [0.25, 0.3) is 5.56 Å². The lowest BCUT2D eigenvalue weighted by Crippen LogP contribution is -2.40. The molecule has 0 bridgehead atoms. The minimum Gasteiger partial charge on any atom is -0.493 e. The number of fused-ring (bicyclic) bond motifs is 1. The van der Waals surface area contributed by atoms with Gasteiger partial charge in [-0.25, -0.2) is 14.3 Å². The highest BCUT2D eigenvalue weighted by molar-refractivity contribution is 5.77. The van der Waals surface area contributed by atoms with E-state index in [4.69, 9.17) is 21.2 Å². The third kappa shape index (κ3) is 3.23. The summed E-state index contributed by atoms with van der Waals surface area (Å²) in [5.41, 5.74) is -0.0209. The van der Waals surface area contributed by atoms with Crippen LogP contribution in [0, 0.1) is 23.7 Å². The third-order valence-corrected chi connectivity index (χ3v) is 4.58. The molecule has 0 N–H and O–H groups in total. The van der Waals surface area contributed by atoms with E-state index in [0.717, 1.165) is 4.57 Å². The van der Waals surface area contributed by atoms with Gasteiger partial charge in [-0.3, -0.25) is 9.36 Å². The maximum absolute atomic E-state index is 12.9. The van der Waals surface area contributed by atoms with E-state index in [1.807, 2.05) is 6.07 Å². The highest BCUT2D eigenvalue weighted by Crippen LogP contribution is 2.32. The molecule has 0 spiro atoms. The average molecular weight is 393 g/mol. The molecule has 3 aromatic rings. The van der Waals surface area contributed by atoms with Crippen LogP contribution < -0.4 is 20.7 Å². The maximum Gasteiger partial charge on any atom is 0.333 e. The number of terminal acetylenes is 1. The number of nitriles is 1. The quantitative estimate of drug-likeness (QED) is 0.582. The zero-order valence-electron chi connectivity index (χ0n) is 16.3. The van der Waals surface area contributed by atoms with Crippen LogP contribution in [0.5, 0.6) is 11.5 Å². The van der Waals surface area contributed by atoms with E-state index in [2.05, 4.69) is 10.9 Å². The molecule has 1 aromatic carbocycles. The minimum absolute atomic E-state index is 0.0888. The summed E-state index contributed by atoms with van der Waals surface area (Å²) in [7, 11) is 4.74. The van der Waals surface area contributed by atoms with E-state index in [1.54, 1.807) is 29.8 Å². The largest absolute Gasteiger partial charge is 0.493 e. The molecule has 3 rings (SSSR count). The Kier molecular flexibility index (Phi) is 5.42. The molecule has 0 amide bonds. The second kappa shape index (κ2) is 7.95. The van der Waals surface area contributed by atoms with Crippen LogP contribution in [0.4, 0.5) is 0 Å². The number of ether oxygens (including phenoxy) is 2. The van der Waals surface area contributed by atoms with Gasteiger partial charge in [0, 0.05) is 19.2 Å². The lowest BCUT2D eigenvalue weighted by molar-refractivity contribution is 0.355. The van der Waals surface area contributed by atoms with Crippen LogP contribution in [0.25, 0.3) is 22.6 Å². The van der Waals surface area contributed by atoms with Gasteiger partial charge in [-0.05, 0) is 18.2 Å². The predicted molar refractivity (Wildman–Crippen MR) is 107 cm³/mol. The lowest BCUT2D eigenvalue weighted by atomic mass is 10.2. The first-order chi connectivity index (χ1) is 14.0. The lowest BCUT2D eigenvalue weighted by Gasteiger charge is -2.09. The van der Waals surface area contributed by atoms with Gasteiger partial charge >= 0.3 is 5.69 Å². The number of imidazole rings is 1. The summed E-state index contributed by atoms with van der Waals surface area (Å²) in [6, 6.07) is 7.24. The van der Waals surface area contributed by atoms with Gasteiger partial charge in [0.2, 0.25) is 0 Å². The summed E-state index contributed by atoms with van der Waals surface area (Å²) in [6.45, 7) is -0.0733. The number of rotatable bonds is 6. The molecule has 0 saturated carbocycles. The van der Waals surface area contributed by atoms with Crippen LogP contribution in [0.3, 0.4) is 0 Å².